The van der Waals surface area contributed by atoms with E-state index in [4.69, 9.17) is 15.7 Å². The number of carbonyl (C=O) groups is 1. The molecule has 12 heteroatoms. The van der Waals surface area contributed by atoms with E-state index in [1.54, 1.807) is 6.20 Å². The summed E-state index contributed by atoms with van der Waals surface area (Å²) in [7, 11) is 0. The van der Waals surface area contributed by atoms with Crippen LogP contribution in [0.5, 0.6) is 0 Å². The Morgan fingerprint density at radius 3 is 2.94 bits per heavy atom. The fourth-order valence-corrected chi connectivity index (χ4v) is 5.78. The molecule has 31 heavy (non-hydrogen) atoms. The fraction of sp³-hybridized carbons (Fsp3) is 0.316. The lowest BCUT2D eigenvalue weighted by molar-refractivity contribution is -0.114. The van der Waals surface area contributed by atoms with Gasteiger partial charge in [0.15, 0.2) is 10.3 Å². The van der Waals surface area contributed by atoms with Crippen LogP contribution in [-0.4, -0.2) is 50.0 Å². The van der Waals surface area contributed by atoms with Gasteiger partial charge < -0.3 is 20.9 Å². The Morgan fingerprint density at radius 1 is 1.42 bits per heavy atom. The van der Waals surface area contributed by atoms with E-state index in [1.165, 1.54) is 30.0 Å². The van der Waals surface area contributed by atoms with Crippen LogP contribution in [0.2, 0.25) is 0 Å². The van der Waals surface area contributed by atoms with Crippen molar-refractivity contribution in [2.45, 2.75) is 36.4 Å². The molecule has 0 radical (unpaired) electrons. The number of anilines is 2. The average molecular weight is 519 g/mol. The molecular formula is C19H19BrN8OS2. The van der Waals surface area contributed by atoms with Gasteiger partial charge >= 0.3 is 0 Å². The number of nitrogens with one attached hydrogen (secondary N) is 2. The van der Waals surface area contributed by atoms with Crippen LogP contribution in [0.1, 0.15) is 19.5 Å². The molecule has 1 aliphatic rings. The number of aromatic nitrogens is 5. The van der Waals surface area contributed by atoms with Crippen molar-refractivity contribution in [3.63, 3.8) is 0 Å². The van der Waals surface area contributed by atoms with Crippen molar-refractivity contribution in [1.82, 2.24) is 24.9 Å². The zero-order valence-corrected chi connectivity index (χ0v) is 20.0. The highest BCUT2D eigenvalue weighted by atomic mass is 79.9. The molecule has 1 amide bonds. The first-order chi connectivity index (χ1) is 14.9. The molecule has 0 saturated carbocycles. The molecule has 1 fully saturated rings. The third-order valence-corrected chi connectivity index (χ3v) is 7.49. The summed E-state index contributed by atoms with van der Waals surface area (Å²) in [5, 5.41) is 4.85. The van der Waals surface area contributed by atoms with Crippen molar-refractivity contribution in [3.05, 3.63) is 22.4 Å². The van der Waals surface area contributed by atoms with Crippen LogP contribution in [0, 0.1) is 0 Å². The van der Waals surface area contributed by atoms with Gasteiger partial charge in [-0.3, -0.25) is 4.79 Å². The number of nitrogens with two attached hydrogens (primary N) is 1. The molecule has 1 saturated heterocycles. The highest BCUT2D eigenvalue weighted by Gasteiger charge is 2.29. The molecule has 0 aliphatic carbocycles. The molecule has 5 rings (SSSR count). The second-order valence-electron chi connectivity index (χ2n) is 7.29. The number of thiazole rings is 1. The number of halogens is 1. The Morgan fingerprint density at radius 2 is 2.23 bits per heavy atom. The van der Waals surface area contributed by atoms with Gasteiger partial charge in [-0.2, -0.15) is 0 Å². The van der Waals surface area contributed by atoms with Crippen LogP contribution in [0.25, 0.3) is 21.4 Å². The Hall–Kier alpha value is -2.28. The average Bonchev–Trinajstić information content (AvgIpc) is 3.24. The van der Waals surface area contributed by atoms with Gasteiger partial charge in [-0.1, -0.05) is 18.3 Å². The minimum absolute atomic E-state index is 0.155. The first-order valence-corrected chi connectivity index (χ1v) is 12.1. The Bertz CT molecular complexity index is 1310. The van der Waals surface area contributed by atoms with E-state index >= 15 is 0 Å². The van der Waals surface area contributed by atoms with Crippen LogP contribution >= 0.6 is 39.0 Å². The summed E-state index contributed by atoms with van der Waals surface area (Å²) >= 11 is 6.49. The van der Waals surface area contributed by atoms with Crippen molar-refractivity contribution in [3.8, 4) is 0 Å². The molecule has 0 bridgehead atoms. The van der Waals surface area contributed by atoms with Crippen LogP contribution in [0.4, 0.5) is 10.9 Å². The summed E-state index contributed by atoms with van der Waals surface area (Å²) < 4.78 is 1.01. The second-order valence-corrected chi connectivity index (χ2v) is 10.1. The Labute approximate surface area is 194 Å². The molecule has 0 spiro atoms. The van der Waals surface area contributed by atoms with Gasteiger partial charge in [0, 0.05) is 42.8 Å². The second kappa shape index (κ2) is 8.01. The topological polar surface area (TPSA) is 126 Å². The fourth-order valence-electron chi connectivity index (χ4n) is 3.44. The number of aromatic amines is 1. The van der Waals surface area contributed by atoms with Crippen molar-refractivity contribution >= 4 is 77.3 Å². The number of pyridine rings is 1. The quantitative estimate of drug-likeness (QED) is 0.342. The summed E-state index contributed by atoms with van der Waals surface area (Å²) in [4.78, 5) is 37.0. The predicted octanol–water partition coefficient (Wildman–Crippen LogP) is 3.54. The normalized spacial score (nSPS) is 14.4. The number of hydrogen-bond acceptors (Lipinski definition) is 9. The lowest BCUT2D eigenvalue weighted by Gasteiger charge is -2.38. The van der Waals surface area contributed by atoms with E-state index in [9.17, 15) is 4.79 Å². The number of rotatable bonds is 5. The molecule has 0 unspecified atom stereocenters. The molecule has 9 nitrogen and oxygen atoms in total. The lowest BCUT2D eigenvalue weighted by atomic mass is 10.1. The smallest absolute Gasteiger partial charge is 0.223 e. The van der Waals surface area contributed by atoms with Gasteiger partial charge in [0.25, 0.3) is 0 Å². The third-order valence-electron chi connectivity index (χ3n) is 4.90. The van der Waals surface area contributed by atoms with E-state index in [0.717, 1.165) is 61.8 Å². The number of amides is 1. The SMILES string of the molecule is CCc1[nH]c2nc(Sc3cnc4sc(NC(C)=O)nc4c3)nc(N3CC(N)C3)c2c1Br. The summed E-state index contributed by atoms with van der Waals surface area (Å²) in [5.41, 5.74) is 8.63. The molecule has 0 aromatic carbocycles. The van der Waals surface area contributed by atoms with Crippen molar-refractivity contribution in [1.29, 1.82) is 0 Å². The van der Waals surface area contributed by atoms with Crippen LogP contribution in [0.3, 0.4) is 0 Å². The minimum atomic E-state index is -0.155. The van der Waals surface area contributed by atoms with Crippen LogP contribution in [0.15, 0.2) is 26.8 Å². The predicted molar refractivity (Wildman–Crippen MR) is 127 cm³/mol. The van der Waals surface area contributed by atoms with E-state index < -0.39 is 0 Å². The van der Waals surface area contributed by atoms with Gasteiger partial charge in [0.2, 0.25) is 5.91 Å². The van der Waals surface area contributed by atoms with Gasteiger partial charge in [-0.25, -0.2) is 19.9 Å². The van der Waals surface area contributed by atoms with E-state index in [-0.39, 0.29) is 11.9 Å². The lowest BCUT2D eigenvalue weighted by Crippen LogP contribution is -2.56. The number of fused-ring (bicyclic) bond motifs is 2. The Balaban J connectivity index is 1.52. The number of nitrogens with zero attached hydrogens (tertiary/aromatic N) is 5. The van der Waals surface area contributed by atoms with Gasteiger partial charge in [0.05, 0.1) is 9.86 Å². The highest BCUT2D eigenvalue weighted by Crippen LogP contribution is 2.38. The molecular weight excluding hydrogens is 500 g/mol. The standard InChI is InChI=1S/C19H19BrN8OS2/c1-3-11-14(20)13-15(24-11)26-19(27-16(13)28-6-9(21)7-28)30-10-4-12-17(22-5-10)31-18(25-12)23-8(2)29/h4-5,9H,3,6-7,21H2,1-2H3,(H,23,25,29)(H,24,26,27). The highest BCUT2D eigenvalue weighted by molar-refractivity contribution is 9.10. The maximum Gasteiger partial charge on any atom is 0.223 e. The van der Waals surface area contributed by atoms with Gasteiger partial charge in [0.1, 0.15) is 21.8 Å². The van der Waals surface area contributed by atoms with E-state index in [0.29, 0.717) is 10.3 Å². The van der Waals surface area contributed by atoms with Crippen molar-refractivity contribution < 1.29 is 4.79 Å². The number of H-pyrrole nitrogens is 1. The number of aryl methyl sites for hydroxylation is 1. The molecule has 4 aromatic rings. The maximum atomic E-state index is 11.3. The number of hydrogen-bond donors (Lipinski definition) is 3. The molecule has 4 N–H and O–H groups in total. The van der Waals surface area contributed by atoms with Crippen molar-refractivity contribution in [2.24, 2.45) is 5.73 Å². The number of carbonyl (C=O) groups excluding carboxylic acids is 1. The molecule has 5 heterocycles. The first kappa shape index (κ1) is 20.6. The molecule has 1 aliphatic heterocycles. The third kappa shape index (κ3) is 3.88. The molecule has 0 atom stereocenters. The zero-order valence-electron chi connectivity index (χ0n) is 16.8. The van der Waals surface area contributed by atoms with Crippen molar-refractivity contribution in [2.75, 3.05) is 23.3 Å². The first-order valence-electron chi connectivity index (χ1n) is 9.72. The molecule has 4 aromatic heterocycles. The summed E-state index contributed by atoms with van der Waals surface area (Å²) in [5.74, 6) is 0.727. The van der Waals surface area contributed by atoms with E-state index in [2.05, 4.69) is 48.0 Å². The summed E-state index contributed by atoms with van der Waals surface area (Å²) in [6, 6.07) is 2.10. The summed E-state index contributed by atoms with van der Waals surface area (Å²) in [6.07, 6.45) is 2.64. The maximum absolute atomic E-state index is 11.3. The largest absolute Gasteiger partial charge is 0.353 e. The van der Waals surface area contributed by atoms with Gasteiger partial charge in [-0.05, 0) is 40.2 Å². The minimum Gasteiger partial charge on any atom is -0.353 e. The monoisotopic (exact) mass is 518 g/mol. The van der Waals surface area contributed by atoms with E-state index in [1.807, 2.05) is 6.07 Å². The van der Waals surface area contributed by atoms with Gasteiger partial charge in [-0.15, -0.1) is 0 Å². The van der Waals surface area contributed by atoms with Crippen LogP contribution < -0.4 is 16.0 Å². The van der Waals surface area contributed by atoms with Crippen LogP contribution in [-0.2, 0) is 11.2 Å². The summed E-state index contributed by atoms with van der Waals surface area (Å²) in [6.45, 7) is 5.10. The Kier molecular flexibility index (Phi) is 5.32. The zero-order chi connectivity index (χ0) is 21.7. The molecule has 160 valence electrons.